The molecule has 5 nitrogen and oxygen atoms in total. The zero-order valence-electron chi connectivity index (χ0n) is 12.5. The summed E-state index contributed by atoms with van der Waals surface area (Å²) in [5.74, 6) is -0.0795. The van der Waals surface area contributed by atoms with Gasteiger partial charge in [-0.2, -0.15) is 0 Å². The Morgan fingerprint density at radius 1 is 1.32 bits per heavy atom. The van der Waals surface area contributed by atoms with Crippen LogP contribution in [0.4, 0.5) is 0 Å². The fraction of sp³-hybridized carbons (Fsp3) is 0.412. The van der Waals surface area contributed by atoms with Gasteiger partial charge in [0.1, 0.15) is 6.26 Å². The molecule has 1 aliphatic rings. The van der Waals surface area contributed by atoms with Gasteiger partial charge in [0.15, 0.2) is 5.69 Å². The first-order chi connectivity index (χ1) is 10.8. The summed E-state index contributed by atoms with van der Waals surface area (Å²) >= 11 is 0. The van der Waals surface area contributed by atoms with Crippen LogP contribution < -0.4 is 0 Å². The third-order valence-corrected chi connectivity index (χ3v) is 3.90. The van der Waals surface area contributed by atoms with Crippen molar-refractivity contribution in [2.75, 3.05) is 19.7 Å². The van der Waals surface area contributed by atoms with Crippen molar-refractivity contribution in [3.63, 3.8) is 0 Å². The summed E-state index contributed by atoms with van der Waals surface area (Å²) in [6.45, 7) is 2.08. The molecular formula is C17H20N2O3. The monoisotopic (exact) mass is 300 g/mol. The topological polar surface area (TPSA) is 55.6 Å². The zero-order valence-corrected chi connectivity index (χ0v) is 12.5. The minimum Gasteiger partial charge on any atom is -0.376 e. The average molecular weight is 300 g/mol. The van der Waals surface area contributed by atoms with Crippen molar-refractivity contribution in [1.29, 1.82) is 0 Å². The molecular weight excluding hydrogens is 280 g/mol. The van der Waals surface area contributed by atoms with E-state index >= 15 is 0 Å². The third-order valence-electron chi connectivity index (χ3n) is 3.90. The number of carbonyl (C=O) groups excluding carboxylic acids is 1. The Morgan fingerprint density at radius 3 is 2.95 bits per heavy atom. The highest BCUT2D eigenvalue weighted by molar-refractivity contribution is 5.92. The van der Waals surface area contributed by atoms with Crippen LogP contribution in [-0.4, -0.2) is 41.8 Å². The first-order valence-electron chi connectivity index (χ1n) is 7.68. The number of likely N-dealkylation sites (tertiary alicyclic amines) is 1. The number of carbonyl (C=O) groups is 1. The van der Waals surface area contributed by atoms with Crippen LogP contribution in [0.5, 0.6) is 0 Å². The molecule has 1 atom stereocenters. The summed E-state index contributed by atoms with van der Waals surface area (Å²) in [7, 11) is 0. The van der Waals surface area contributed by atoms with E-state index in [9.17, 15) is 4.79 Å². The maximum absolute atomic E-state index is 12.1. The number of ether oxygens (including phenoxy) is 1. The molecule has 0 spiro atoms. The van der Waals surface area contributed by atoms with E-state index in [0.717, 1.165) is 32.4 Å². The number of amides is 1. The lowest BCUT2D eigenvalue weighted by molar-refractivity contribution is 0.0521. The molecule has 22 heavy (non-hydrogen) atoms. The van der Waals surface area contributed by atoms with Gasteiger partial charge in [0.05, 0.1) is 6.10 Å². The predicted molar refractivity (Wildman–Crippen MR) is 81.5 cm³/mol. The largest absolute Gasteiger partial charge is 0.376 e. The normalized spacial score (nSPS) is 17.8. The predicted octanol–water partition coefficient (Wildman–Crippen LogP) is 2.54. The molecule has 1 aliphatic heterocycles. The molecule has 116 valence electrons. The van der Waals surface area contributed by atoms with Crippen LogP contribution in [0.15, 0.2) is 47.2 Å². The Bertz CT molecular complexity index is 583. The molecule has 0 saturated carbocycles. The molecule has 1 aromatic carbocycles. The summed E-state index contributed by atoms with van der Waals surface area (Å²) < 4.78 is 10.6. The van der Waals surface area contributed by atoms with E-state index in [1.807, 2.05) is 6.07 Å². The Kier molecular flexibility index (Phi) is 4.85. The smallest absolute Gasteiger partial charge is 0.276 e. The Hall–Kier alpha value is -2.14. The molecule has 1 aromatic heterocycles. The highest BCUT2D eigenvalue weighted by atomic mass is 16.5. The van der Waals surface area contributed by atoms with Crippen molar-refractivity contribution < 1.29 is 14.1 Å². The van der Waals surface area contributed by atoms with E-state index in [4.69, 9.17) is 9.26 Å². The molecule has 1 unspecified atom stereocenters. The number of aromatic nitrogens is 1. The van der Waals surface area contributed by atoms with E-state index in [2.05, 4.69) is 29.4 Å². The van der Waals surface area contributed by atoms with E-state index in [0.29, 0.717) is 12.2 Å². The summed E-state index contributed by atoms with van der Waals surface area (Å²) in [6, 6.07) is 12.0. The molecule has 0 bridgehead atoms. The number of aryl methyl sites for hydroxylation is 1. The molecule has 1 saturated heterocycles. The van der Waals surface area contributed by atoms with Gasteiger partial charge in [0, 0.05) is 25.8 Å². The molecule has 1 fully saturated rings. The highest BCUT2D eigenvalue weighted by Crippen LogP contribution is 2.16. The number of nitrogens with zero attached hydrogens (tertiary/aromatic N) is 2. The minimum atomic E-state index is -0.0795. The van der Waals surface area contributed by atoms with Gasteiger partial charge < -0.3 is 14.2 Å². The van der Waals surface area contributed by atoms with E-state index < -0.39 is 0 Å². The standard InChI is InChI=1S/C17H20N2O3/c20-17(16-9-12-22-18-16)19-10-8-15(13-19)21-11-4-7-14-5-2-1-3-6-14/h1-3,5-6,9,12,15H,4,7-8,10-11,13H2. The molecule has 1 amide bonds. The van der Waals surface area contributed by atoms with Gasteiger partial charge in [-0.15, -0.1) is 0 Å². The molecule has 2 heterocycles. The molecule has 0 aliphatic carbocycles. The fourth-order valence-electron chi connectivity index (χ4n) is 2.70. The molecule has 5 heteroatoms. The third kappa shape index (κ3) is 3.74. The van der Waals surface area contributed by atoms with Crippen LogP contribution in [0.2, 0.25) is 0 Å². The maximum atomic E-state index is 12.1. The lowest BCUT2D eigenvalue weighted by Gasteiger charge is -2.15. The zero-order chi connectivity index (χ0) is 15.2. The first kappa shape index (κ1) is 14.8. The van der Waals surface area contributed by atoms with Crippen LogP contribution in [-0.2, 0) is 11.2 Å². The minimum absolute atomic E-state index is 0.0795. The van der Waals surface area contributed by atoms with Gasteiger partial charge in [-0.1, -0.05) is 35.5 Å². The molecule has 0 radical (unpaired) electrons. The van der Waals surface area contributed by atoms with E-state index in [1.54, 1.807) is 11.0 Å². The number of hydrogen-bond acceptors (Lipinski definition) is 4. The second-order valence-electron chi connectivity index (χ2n) is 5.51. The lowest BCUT2D eigenvalue weighted by Crippen LogP contribution is -2.30. The van der Waals surface area contributed by atoms with Gasteiger partial charge in [0.2, 0.25) is 0 Å². The SMILES string of the molecule is O=C(c1ccon1)N1CCC(OCCCc2ccccc2)C1. The maximum Gasteiger partial charge on any atom is 0.276 e. The van der Waals surface area contributed by atoms with E-state index in [-0.39, 0.29) is 12.0 Å². The quantitative estimate of drug-likeness (QED) is 0.769. The average Bonchev–Trinajstić information content (AvgIpc) is 3.24. The van der Waals surface area contributed by atoms with E-state index in [1.165, 1.54) is 11.8 Å². The van der Waals surface area contributed by atoms with Crippen molar-refractivity contribution in [3.8, 4) is 0 Å². The van der Waals surface area contributed by atoms with Crippen LogP contribution in [0, 0.1) is 0 Å². The van der Waals surface area contributed by atoms with Gasteiger partial charge in [0.25, 0.3) is 5.91 Å². The number of benzene rings is 1. The Morgan fingerprint density at radius 2 is 2.18 bits per heavy atom. The van der Waals surface area contributed by atoms with Crippen LogP contribution in [0.3, 0.4) is 0 Å². The van der Waals surface area contributed by atoms with Gasteiger partial charge >= 0.3 is 0 Å². The summed E-state index contributed by atoms with van der Waals surface area (Å²) in [6.07, 6.45) is 4.45. The van der Waals surface area contributed by atoms with Crippen molar-refractivity contribution >= 4 is 5.91 Å². The second-order valence-corrected chi connectivity index (χ2v) is 5.51. The summed E-state index contributed by atoms with van der Waals surface area (Å²) in [5, 5.41) is 3.69. The van der Waals surface area contributed by atoms with Crippen LogP contribution in [0.1, 0.15) is 28.9 Å². The van der Waals surface area contributed by atoms with Crippen molar-refractivity contribution in [3.05, 3.63) is 53.9 Å². The molecule has 2 aromatic rings. The summed E-state index contributed by atoms with van der Waals surface area (Å²) in [5.41, 5.74) is 1.70. The lowest BCUT2D eigenvalue weighted by atomic mass is 10.1. The summed E-state index contributed by atoms with van der Waals surface area (Å²) in [4.78, 5) is 13.9. The molecule has 3 rings (SSSR count). The number of hydrogen-bond donors (Lipinski definition) is 0. The highest BCUT2D eigenvalue weighted by Gasteiger charge is 2.28. The van der Waals surface area contributed by atoms with Gasteiger partial charge in [-0.25, -0.2) is 0 Å². The van der Waals surface area contributed by atoms with Gasteiger partial charge in [-0.05, 0) is 24.8 Å². The second kappa shape index (κ2) is 7.22. The first-order valence-corrected chi connectivity index (χ1v) is 7.68. The van der Waals surface area contributed by atoms with Crippen LogP contribution >= 0.6 is 0 Å². The van der Waals surface area contributed by atoms with Crippen molar-refractivity contribution in [1.82, 2.24) is 10.1 Å². The van der Waals surface area contributed by atoms with Crippen LogP contribution in [0.25, 0.3) is 0 Å². The van der Waals surface area contributed by atoms with Gasteiger partial charge in [-0.3, -0.25) is 4.79 Å². The van der Waals surface area contributed by atoms with Crippen molar-refractivity contribution in [2.24, 2.45) is 0 Å². The Labute approximate surface area is 129 Å². The number of rotatable bonds is 6. The fourth-order valence-corrected chi connectivity index (χ4v) is 2.70. The van der Waals surface area contributed by atoms with Crippen molar-refractivity contribution in [2.45, 2.75) is 25.4 Å². The Balaban J connectivity index is 1.37. The molecule has 0 N–H and O–H groups in total.